The molecule has 0 aromatic heterocycles. The summed E-state index contributed by atoms with van der Waals surface area (Å²) in [5.74, 6) is 5.19. The second-order valence-electron chi connectivity index (χ2n) is 6.02. The first-order valence-corrected chi connectivity index (χ1v) is 6.15. The van der Waals surface area contributed by atoms with E-state index in [1.54, 1.807) is 19.3 Å². The molecular weight excluding hydrogens is 156 g/mol. The Balaban J connectivity index is 1.97. The first kappa shape index (κ1) is 9.55. The van der Waals surface area contributed by atoms with E-state index in [1.165, 1.54) is 12.8 Å². The van der Waals surface area contributed by atoms with Crippen molar-refractivity contribution in [2.75, 3.05) is 0 Å². The summed E-state index contributed by atoms with van der Waals surface area (Å²) in [5, 5.41) is 0. The Morgan fingerprint density at radius 1 is 0.846 bits per heavy atom. The molecule has 13 heavy (non-hydrogen) atoms. The molecule has 0 N–H and O–H groups in total. The fourth-order valence-corrected chi connectivity index (χ4v) is 3.78. The van der Waals surface area contributed by atoms with Crippen LogP contribution >= 0.6 is 0 Å². The normalized spacial score (nSPS) is 45.2. The maximum atomic E-state index is 2.45. The monoisotopic (exact) mass is 180 g/mol. The third-order valence-electron chi connectivity index (χ3n) is 4.35. The lowest BCUT2D eigenvalue weighted by Crippen LogP contribution is -2.32. The lowest BCUT2D eigenvalue weighted by atomic mass is 9.63. The first-order chi connectivity index (χ1) is 6.15. The fourth-order valence-electron chi connectivity index (χ4n) is 3.78. The minimum atomic E-state index is 0.929. The van der Waals surface area contributed by atoms with Crippen molar-refractivity contribution in [2.45, 2.75) is 52.9 Å². The van der Waals surface area contributed by atoms with E-state index < -0.39 is 0 Å². The fraction of sp³-hybridized carbons (Fsp3) is 1.00. The zero-order valence-corrected chi connectivity index (χ0v) is 9.42. The van der Waals surface area contributed by atoms with Gasteiger partial charge in [-0.25, -0.2) is 0 Å². The number of hydrogen-bond donors (Lipinski definition) is 0. The molecule has 0 heterocycles. The van der Waals surface area contributed by atoms with E-state index >= 15 is 0 Å². The summed E-state index contributed by atoms with van der Waals surface area (Å²) >= 11 is 0. The van der Waals surface area contributed by atoms with Crippen molar-refractivity contribution in [1.82, 2.24) is 0 Å². The van der Waals surface area contributed by atoms with Gasteiger partial charge in [0.1, 0.15) is 0 Å². The van der Waals surface area contributed by atoms with Gasteiger partial charge in [0.05, 0.1) is 0 Å². The molecule has 2 fully saturated rings. The Labute approximate surface area is 83.1 Å². The molecule has 2 aliphatic carbocycles. The molecule has 2 aliphatic rings. The Kier molecular flexibility index (Phi) is 2.67. The van der Waals surface area contributed by atoms with Crippen molar-refractivity contribution in [3.05, 3.63) is 0 Å². The van der Waals surface area contributed by atoms with Crippen LogP contribution in [0.5, 0.6) is 0 Å². The van der Waals surface area contributed by atoms with E-state index in [4.69, 9.17) is 0 Å². The highest BCUT2D eigenvalue weighted by molar-refractivity contribution is 4.86. The molecule has 2 unspecified atom stereocenters. The molecule has 2 saturated carbocycles. The molecular formula is C13H24. The summed E-state index contributed by atoms with van der Waals surface area (Å²) in [6.07, 6.45) is 7.70. The van der Waals surface area contributed by atoms with Gasteiger partial charge in [0.15, 0.2) is 0 Å². The number of hydrogen-bond acceptors (Lipinski definition) is 0. The van der Waals surface area contributed by atoms with Crippen LogP contribution in [0, 0.1) is 29.6 Å². The molecule has 0 spiro atoms. The Bertz CT molecular complexity index is 153. The van der Waals surface area contributed by atoms with E-state index in [0.29, 0.717) is 0 Å². The van der Waals surface area contributed by atoms with Gasteiger partial charge in [-0.1, -0.05) is 20.8 Å². The Morgan fingerprint density at radius 2 is 1.38 bits per heavy atom. The van der Waals surface area contributed by atoms with Crippen molar-refractivity contribution in [1.29, 1.82) is 0 Å². The predicted octanol–water partition coefficient (Wildman–Crippen LogP) is 4.10. The molecule has 0 radical (unpaired) electrons. The lowest BCUT2D eigenvalue weighted by Gasteiger charge is -2.43. The quantitative estimate of drug-likeness (QED) is 0.570. The van der Waals surface area contributed by atoms with Gasteiger partial charge in [0.25, 0.3) is 0 Å². The average molecular weight is 180 g/mol. The van der Waals surface area contributed by atoms with Crippen molar-refractivity contribution >= 4 is 0 Å². The molecule has 2 bridgehead atoms. The number of fused-ring (bicyclic) bond motifs is 2. The largest absolute Gasteiger partial charge is 0.0625 e. The second kappa shape index (κ2) is 3.63. The molecule has 0 aromatic carbocycles. The lowest BCUT2D eigenvalue weighted by molar-refractivity contribution is 0.0832. The molecule has 0 heteroatoms. The van der Waals surface area contributed by atoms with Gasteiger partial charge in [-0.15, -0.1) is 0 Å². The predicted molar refractivity (Wildman–Crippen MR) is 57.6 cm³/mol. The SMILES string of the molecule is CC1CC2CC(C1)CC(C(C)C)C2. The summed E-state index contributed by atoms with van der Waals surface area (Å²) in [6.45, 7) is 7.28. The zero-order valence-electron chi connectivity index (χ0n) is 9.42. The van der Waals surface area contributed by atoms with Gasteiger partial charge in [-0.05, 0) is 61.7 Å². The van der Waals surface area contributed by atoms with Crippen LogP contribution in [0.4, 0.5) is 0 Å². The summed E-state index contributed by atoms with van der Waals surface area (Å²) in [6, 6.07) is 0. The van der Waals surface area contributed by atoms with E-state index in [2.05, 4.69) is 20.8 Å². The van der Waals surface area contributed by atoms with Crippen LogP contribution < -0.4 is 0 Å². The minimum absolute atomic E-state index is 0.929. The van der Waals surface area contributed by atoms with Gasteiger partial charge in [-0.3, -0.25) is 0 Å². The molecule has 2 atom stereocenters. The highest BCUT2D eigenvalue weighted by atomic mass is 14.4. The second-order valence-corrected chi connectivity index (χ2v) is 6.02. The summed E-state index contributed by atoms with van der Waals surface area (Å²) < 4.78 is 0. The van der Waals surface area contributed by atoms with Gasteiger partial charge >= 0.3 is 0 Å². The summed E-state index contributed by atoms with van der Waals surface area (Å²) in [7, 11) is 0. The third-order valence-corrected chi connectivity index (χ3v) is 4.35. The van der Waals surface area contributed by atoms with Crippen LogP contribution in [0.3, 0.4) is 0 Å². The average Bonchev–Trinajstić information content (AvgIpc) is 2.01. The highest BCUT2D eigenvalue weighted by Crippen LogP contribution is 2.46. The zero-order chi connectivity index (χ0) is 9.42. The third kappa shape index (κ3) is 2.08. The molecule has 0 amide bonds. The van der Waals surface area contributed by atoms with Gasteiger partial charge < -0.3 is 0 Å². The molecule has 0 saturated heterocycles. The summed E-state index contributed by atoms with van der Waals surface area (Å²) in [4.78, 5) is 0. The molecule has 0 nitrogen and oxygen atoms in total. The van der Waals surface area contributed by atoms with Gasteiger partial charge in [0, 0.05) is 0 Å². The van der Waals surface area contributed by atoms with Crippen LogP contribution in [0.25, 0.3) is 0 Å². The van der Waals surface area contributed by atoms with Crippen molar-refractivity contribution in [2.24, 2.45) is 29.6 Å². The van der Waals surface area contributed by atoms with Gasteiger partial charge in [0.2, 0.25) is 0 Å². The van der Waals surface area contributed by atoms with Crippen LogP contribution in [0.2, 0.25) is 0 Å². The maximum Gasteiger partial charge on any atom is -0.0386 e. The van der Waals surface area contributed by atoms with E-state index in [1.807, 2.05) is 0 Å². The first-order valence-electron chi connectivity index (χ1n) is 6.15. The van der Waals surface area contributed by atoms with E-state index in [0.717, 1.165) is 29.6 Å². The Morgan fingerprint density at radius 3 is 1.85 bits per heavy atom. The van der Waals surface area contributed by atoms with E-state index in [-0.39, 0.29) is 0 Å². The van der Waals surface area contributed by atoms with E-state index in [9.17, 15) is 0 Å². The van der Waals surface area contributed by atoms with Gasteiger partial charge in [-0.2, -0.15) is 0 Å². The molecule has 0 aromatic rings. The standard InChI is InChI=1S/C13H24/c1-9(2)13-7-11-4-10(3)5-12(6-11)8-13/h9-13H,4-8H2,1-3H3. The molecule has 0 aliphatic heterocycles. The van der Waals surface area contributed by atoms with Crippen LogP contribution in [-0.4, -0.2) is 0 Å². The van der Waals surface area contributed by atoms with Crippen LogP contribution in [-0.2, 0) is 0 Å². The molecule has 2 rings (SSSR count). The Hall–Kier alpha value is 0. The highest BCUT2D eigenvalue weighted by Gasteiger charge is 2.35. The van der Waals surface area contributed by atoms with Crippen molar-refractivity contribution < 1.29 is 0 Å². The van der Waals surface area contributed by atoms with Crippen LogP contribution in [0.1, 0.15) is 52.9 Å². The maximum absolute atomic E-state index is 2.45. The molecule has 76 valence electrons. The number of rotatable bonds is 1. The van der Waals surface area contributed by atoms with Crippen molar-refractivity contribution in [3.63, 3.8) is 0 Å². The smallest absolute Gasteiger partial charge is 0.0386 e. The minimum Gasteiger partial charge on any atom is -0.0625 e. The van der Waals surface area contributed by atoms with Crippen molar-refractivity contribution in [3.8, 4) is 0 Å². The topological polar surface area (TPSA) is 0 Å². The summed E-state index contributed by atoms with van der Waals surface area (Å²) in [5.41, 5.74) is 0. The van der Waals surface area contributed by atoms with Crippen LogP contribution in [0.15, 0.2) is 0 Å².